The molecule has 3 aromatic rings. The predicted octanol–water partition coefficient (Wildman–Crippen LogP) is 3.10. The van der Waals surface area contributed by atoms with Crippen molar-refractivity contribution >= 4 is 16.7 Å². The second-order valence-corrected chi connectivity index (χ2v) is 5.46. The van der Waals surface area contributed by atoms with Gasteiger partial charge in [-0.2, -0.15) is 0 Å². The summed E-state index contributed by atoms with van der Waals surface area (Å²) in [4.78, 5) is 22.8. The predicted molar refractivity (Wildman–Crippen MR) is 95.9 cm³/mol. The van der Waals surface area contributed by atoms with E-state index < -0.39 is 16.1 Å². The Morgan fingerprint density at radius 2 is 1.67 bits per heavy atom. The Morgan fingerprint density at radius 3 is 2.19 bits per heavy atom. The normalized spacial score (nSPS) is 10.6. The molecule has 0 atom stereocenters. The Labute approximate surface area is 152 Å². The molecule has 140 valence electrons. The van der Waals surface area contributed by atoms with Crippen molar-refractivity contribution in [2.24, 2.45) is 0 Å². The minimum absolute atomic E-state index is 0.0900. The number of hydrogen-bond donors (Lipinski definition) is 1. The molecule has 0 saturated heterocycles. The standard InChI is InChI=1S/C18H15NO8/c1-24-13-6-9(7-14(25-2)18(13)26-3)17-16(21)15(20)11-8-10(19(22)23)4-5-12(11)27-17/h4-8,21H,1-3H3. The van der Waals surface area contributed by atoms with Gasteiger partial charge < -0.3 is 23.7 Å². The third-order valence-corrected chi connectivity index (χ3v) is 3.99. The van der Waals surface area contributed by atoms with E-state index in [-0.39, 0.29) is 22.4 Å². The third kappa shape index (κ3) is 2.99. The Bertz CT molecular complexity index is 1080. The molecule has 0 aliphatic carbocycles. The van der Waals surface area contributed by atoms with Crippen LogP contribution in [0, 0.1) is 10.1 Å². The maximum Gasteiger partial charge on any atom is 0.270 e. The summed E-state index contributed by atoms with van der Waals surface area (Å²) in [5, 5.41) is 21.1. The summed E-state index contributed by atoms with van der Waals surface area (Å²) in [6.45, 7) is 0. The SMILES string of the molecule is COc1cc(-c2oc3ccc([N+](=O)[O-])cc3c(=O)c2O)cc(OC)c1OC. The van der Waals surface area contributed by atoms with Gasteiger partial charge in [-0.15, -0.1) is 0 Å². The van der Waals surface area contributed by atoms with Crippen LogP contribution >= 0.6 is 0 Å². The van der Waals surface area contributed by atoms with Crippen molar-refractivity contribution in [3.8, 4) is 34.3 Å². The van der Waals surface area contributed by atoms with E-state index in [0.29, 0.717) is 22.8 Å². The monoisotopic (exact) mass is 373 g/mol. The zero-order valence-corrected chi connectivity index (χ0v) is 14.6. The minimum atomic E-state index is -0.788. The highest BCUT2D eigenvalue weighted by atomic mass is 16.6. The molecule has 1 aromatic heterocycles. The van der Waals surface area contributed by atoms with Crippen LogP contribution < -0.4 is 19.6 Å². The largest absolute Gasteiger partial charge is 0.502 e. The number of nitrogens with zero attached hydrogens (tertiary/aromatic N) is 1. The number of fused-ring (bicyclic) bond motifs is 1. The van der Waals surface area contributed by atoms with Crippen LogP contribution in [0.1, 0.15) is 0 Å². The lowest BCUT2D eigenvalue weighted by atomic mass is 10.1. The lowest BCUT2D eigenvalue weighted by Crippen LogP contribution is -2.04. The third-order valence-electron chi connectivity index (χ3n) is 3.99. The summed E-state index contributed by atoms with van der Waals surface area (Å²) in [6.07, 6.45) is 0. The highest BCUT2D eigenvalue weighted by Crippen LogP contribution is 2.43. The number of methoxy groups -OCH3 is 3. The Kier molecular flexibility index (Phi) is 4.59. The molecule has 1 heterocycles. The molecule has 2 aromatic carbocycles. The van der Waals surface area contributed by atoms with Gasteiger partial charge in [-0.1, -0.05) is 0 Å². The number of aromatic hydroxyl groups is 1. The fraction of sp³-hybridized carbons (Fsp3) is 0.167. The Hall–Kier alpha value is -3.75. The molecule has 0 saturated carbocycles. The van der Waals surface area contributed by atoms with Gasteiger partial charge in [-0.05, 0) is 18.2 Å². The zero-order chi connectivity index (χ0) is 19.7. The van der Waals surface area contributed by atoms with E-state index in [1.54, 1.807) is 0 Å². The van der Waals surface area contributed by atoms with Gasteiger partial charge >= 0.3 is 0 Å². The first kappa shape index (κ1) is 18.1. The van der Waals surface area contributed by atoms with Crippen molar-refractivity contribution in [1.29, 1.82) is 0 Å². The Morgan fingerprint density at radius 1 is 1.04 bits per heavy atom. The quantitative estimate of drug-likeness (QED) is 0.535. The van der Waals surface area contributed by atoms with Crippen molar-refractivity contribution in [1.82, 2.24) is 0 Å². The fourth-order valence-electron chi connectivity index (χ4n) is 2.69. The fourth-order valence-corrected chi connectivity index (χ4v) is 2.69. The highest BCUT2D eigenvalue weighted by molar-refractivity contribution is 5.84. The maximum atomic E-state index is 12.5. The van der Waals surface area contributed by atoms with Crippen LogP contribution in [0.25, 0.3) is 22.3 Å². The van der Waals surface area contributed by atoms with E-state index in [2.05, 4.69) is 0 Å². The second kappa shape index (κ2) is 6.87. The van der Waals surface area contributed by atoms with Crippen molar-refractivity contribution in [3.05, 3.63) is 50.7 Å². The van der Waals surface area contributed by atoms with Crippen LogP contribution in [0.5, 0.6) is 23.0 Å². The zero-order valence-electron chi connectivity index (χ0n) is 14.6. The summed E-state index contributed by atoms with van der Waals surface area (Å²) in [5.74, 6) is 0.135. The van der Waals surface area contributed by atoms with Gasteiger partial charge in [-0.25, -0.2) is 0 Å². The Balaban J connectivity index is 2.29. The molecular weight excluding hydrogens is 358 g/mol. The molecule has 3 rings (SSSR count). The molecule has 0 radical (unpaired) electrons. The van der Waals surface area contributed by atoms with E-state index in [0.717, 1.165) is 6.07 Å². The maximum absolute atomic E-state index is 12.5. The van der Waals surface area contributed by atoms with Gasteiger partial charge in [0, 0.05) is 17.7 Å². The summed E-state index contributed by atoms with van der Waals surface area (Å²) in [7, 11) is 4.30. The highest BCUT2D eigenvalue weighted by Gasteiger charge is 2.21. The first-order chi connectivity index (χ1) is 12.9. The lowest BCUT2D eigenvalue weighted by Gasteiger charge is -2.14. The van der Waals surface area contributed by atoms with Gasteiger partial charge in [0.15, 0.2) is 17.3 Å². The molecule has 0 amide bonds. The average Bonchev–Trinajstić information content (AvgIpc) is 2.68. The van der Waals surface area contributed by atoms with E-state index in [1.807, 2.05) is 0 Å². The number of non-ortho nitro benzene ring substituents is 1. The smallest absolute Gasteiger partial charge is 0.270 e. The van der Waals surface area contributed by atoms with E-state index in [1.165, 1.54) is 45.6 Å². The van der Waals surface area contributed by atoms with Gasteiger partial charge in [0.1, 0.15) is 5.58 Å². The summed E-state index contributed by atoms with van der Waals surface area (Å²) < 4.78 is 21.4. The first-order valence-corrected chi connectivity index (χ1v) is 7.65. The van der Waals surface area contributed by atoms with Crippen molar-refractivity contribution in [2.45, 2.75) is 0 Å². The van der Waals surface area contributed by atoms with Gasteiger partial charge in [0.05, 0.1) is 31.6 Å². The molecular formula is C18H15NO8. The second-order valence-electron chi connectivity index (χ2n) is 5.46. The van der Waals surface area contributed by atoms with Crippen LogP contribution in [-0.2, 0) is 0 Å². The molecule has 1 N–H and O–H groups in total. The number of rotatable bonds is 5. The topological polar surface area (TPSA) is 121 Å². The van der Waals surface area contributed by atoms with E-state index in [9.17, 15) is 20.0 Å². The van der Waals surface area contributed by atoms with Crippen LogP contribution in [0.4, 0.5) is 5.69 Å². The molecule has 0 bridgehead atoms. The van der Waals surface area contributed by atoms with Gasteiger partial charge in [0.25, 0.3) is 5.69 Å². The van der Waals surface area contributed by atoms with Crippen molar-refractivity contribution in [2.75, 3.05) is 21.3 Å². The van der Waals surface area contributed by atoms with Crippen molar-refractivity contribution < 1.29 is 28.7 Å². The molecule has 0 aliphatic rings. The molecule has 9 heteroatoms. The number of benzene rings is 2. The molecule has 0 fully saturated rings. The number of hydrogen-bond acceptors (Lipinski definition) is 8. The number of nitro groups is 1. The molecule has 0 aliphatic heterocycles. The molecule has 0 unspecified atom stereocenters. The summed E-state index contributed by atoms with van der Waals surface area (Å²) in [5.41, 5.74) is -0.676. The van der Waals surface area contributed by atoms with Crippen molar-refractivity contribution in [3.63, 3.8) is 0 Å². The van der Waals surface area contributed by atoms with E-state index >= 15 is 0 Å². The van der Waals surface area contributed by atoms with Gasteiger partial charge in [0.2, 0.25) is 16.9 Å². The van der Waals surface area contributed by atoms with Crippen LogP contribution in [-0.4, -0.2) is 31.4 Å². The van der Waals surface area contributed by atoms with Crippen LogP contribution in [0.15, 0.2) is 39.5 Å². The van der Waals surface area contributed by atoms with Gasteiger partial charge in [-0.3, -0.25) is 14.9 Å². The molecule has 9 nitrogen and oxygen atoms in total. The minimum Gasteiger partial charge on any atom is -0.502 e. The molecule has 0 spiro atoms. The van der Waals surface area contributed by atoms with Crippen LogP contribution in [0.2, 0.25) is 0 Å². The number of ether oxygens (including phenoxy) is 3. The summed E-state index contributed by atoms with van der Waals surface area (Å²) in [6, 6.07) is 6.59. The lowest BCUT2D eigenvalue weighted by molar-refractivity contribution is -0.384. The van der Waals surface area contributed by atoms with Crippen LogP contribution in [0.3, 0.4) is 0 Å². The first-order valence-electron chi connectivity index (χ1n) is 7.65. The summed E-state index contributed by atoms with van der Waals surface area (Å²) >= 11 is 0. The molecule has 27 heavy (non-hydrogen) atoms. The van der Waals surface area contributed by atoms with E-state index in [4.69, 9.17) is 18.6 Å². The average molecular weight is 373 g/mol. The number of nitro benzene ring substituents is 1.